The Bertz CT molecular complexity index is 911. The van der Waals surface area contributed by atoms with E-state index in [1.54, 1.807) is 6.07 Å². The molecular formula is C20H20N2O2. The molecule has 0 unspecified atom stereocenters. The normalized spacial score (nSPS) is 13.7. The largest absolute Gasteiger partial charge is 0.392 e. The van der Waals surface area contributed by atoms with E-state index in [9.17, 15) is 9.90 Å². The zero-order valence-corrected chi connectivity index (χ0v) is 13.4. The van der Waals surface area contributed by atoms with E-state index >= 15 is 0 Å². The predicted molar refractivity (Wildman–Crippen MR) is 95.3 cm³/mol. The Hall–Kier alpha value is -2.59. The van der Waals surface area contributed by atoms with Gasteiger partial charge in [-0.25, -0.2) is 0 Å². The summed E-state index contributed by atoms with van der Waals surface area (Å²) >= 11 is 0. The lowest BCUT2D eigenvalue weighted by Gasteiger charge is -2.10. The highest BCUT2D eigenvalue weighted by Crippen LogP contribution is 2.29. The molecule has 2 aromatic carbocycles. The zero-order valence-electron chi connectivity index (χ0n) is 13.4. The topological polar surface area (TPSA) is 65.1 Å². The third-order valence-electron chi connectivity index (χ3n) is 4.73. The lowest BCUT2D eigenvalue weighted by Crippen LogP contribution is -2.12. The van der Waals surface area contributed by atoms with Gasteiger partial charge in [0.25, 0.3) is 5.91 Å². The molecule has 1 aromatic heterocycles. The maximum Gasteiger partial charge on any atom is 0.255 e. The summed E-state index contributed by atoms with van der Waals surface area (Å²) in [6.45, 7) is -0.0366. The third-order valence-corrected chi connectivity index (χ3v) is 4.73. The minimum absolute atomic E-state index is 0.0366. The Labute approximate surface area is 140 Å². The molecule has 0 spiro atoms. The number of aromatic nitrogens is 1. The van der Waals surface area contributed by atoms with Crippen molar-refractivity contribution in [2.24, 2.45) is 0 Å². The van der Waals surface area contributed by atoms with Crippen molar-refractivity contribution in [3.8, 4) is 0 Å². The van der Waals surface area contributed by atoms with Crippen LogP contribution in [-0.2, 0) is 19.4 Å². The van der Waals surface area contributed by atoms with E-state index in [0.717, 1.165) is 23.9 Å². The molecule has 0 atom stereocenters. The number of carbonyl (C=O) groups excluding carboxylic acids is 1. The summed E-state index contributed by atoms with van der Waals surface area (Å²) < 4.78 is 0. The van der Waals surface area contributed by atoms with E-state index in [1.807, 2.05) is 36.4 Å². The van der Waals surface area contributed by atoms with Crippen LogP contribution in [0.3, 0.4) is 0 Å². The van der Waals surface area contributed by atoms with Crippen LogP contribution in [0.25, 0.3) is 10.9 Å². The van der Waals surface area contributed by atoms with Crippen molar-refractivity contribution in [3.63, 3.8) is 0 Å². The van der Waals surface area contributed by atoms with E-state index < -0.39 is 0 Å². The molecule has 0 radical (unpaired) electrons. The van der Waals surface area contributed by atoms with Crippen molar-refractivity contribution in [1.29, 1.82) is 0 Å². The average molecular weight is 320 g/mol. The van der Waals surface area contributed by atoms with Crippen molar-refractivity contribution in [1.82, 2.24) is 4.98 Å². The highest BCUT2D eigenvalue weighted by atomic mass is 16.3. The van der Waals surface area contributed by atoms with E-state index in [1.165, 1.54) is 29.5 Å². The molecule has 0 saturated heterocycles. The van der Waals surface area contributed by atoms with E-state index in [2.05, 4.69) is 10.3 Å². The predicted octanol–water partition coefficient (Wildman–Crippen LogP) is 3.79. The van der Waals surface area contributed by atoms with Gasteiger partial charge in [0.1, 0.15) is 0 Å². The summed E-state index contributed by atoms with van der Waals surface area (Å²) in [7, 11) is 0. The minimum atomic E-state index is -0.127. The van der Waals surface area contributed by atoms with Crippen molar-refractivity contribution in [2.75, 3.05) is 5.32 Å². The first kappa shape index (κ1) is 15.0. The molecule has 24 heavy (non-hydrogen) atoms. The second-order valence-electron chi connectivity index (χ2n) is 6.36. The summed E-state index contributed by atoms with van der Waals surface area (Å²) in [5.41, 5.74) is 5.94. The number of hydrogen-bond acceptors (Lipinski definition) is 2. The molecule has 0 bridgehead atoms. The molecule has 4 nitrogen and oxygen atoms in total. The van der Waals surface area contributed by atoms with E-state index in [4.69, 9.17) is 0 Å². The number of aromatic amines is 1. The van der Waals surface area contributed by atoms with Gasteiger partial charge in [0.2, 0.25) is 0 Å². The molecule has 4 rings (SSSR count). The number of hydrogen-bond donors (Lipinski definition) is 3. The average Bonchev–Trinajstić information content (AvgIpc) is 2.99. The Morgan fingerprint density at radius 2 is 2.00 bits per heavy atom. The van der Waals surface area contributed by atoms with Crippen LogP contribution in [0.4, 0.5) is 5.69 Å². The number of rotatable bonds is 3. The molecule has 1 heterocycles. The molecule has 122 valence electrons. The van der Waals surface area contributed by atoms with Crippen molar-refractivity contribution in [3.05, 3.63) is 64.8 Å². The summed E-state index contributed by atoms with van der Waals surface area (Å²) in [6.07, 6.45) is 4.62. The fourth-order valence-electron chi connectivity index (χ4n) is 3.50. The molecule has 0 fully saturated rings. The maximum absolute atomic E-state index is 12.6. The fraction of sp³-hybridized carbons (Fsp3) is 0.250. The van der Waals surface area contributed by atoms with Crippen LogP contribution >= 0.6 is 0 Å². The zero-order chi connectivity index (χ0) is 16.5. The summed E-state index contributed by atoms with van der Waals surface area (Å²) in [5.74, 6) is -0.127. The summed E-state index contributed by atoms with van der Waals surface area (Å²) in [4.78, 5) is 16.1. The molecular weight excluding hydrogens is 300 g/mol. The van der Waals surface area contributed by atoms with Crippen LogP contribution in [0, 0.1) is 0 Å². The third kappa shape index (κ3) is 2.69. The second-order valence-corrected chi connectivity index (χ2v) is 6.36. The lowest BCUT2D eigenvalue weighted by molar-refractivity contribution is 0.102. The molecule has 4 heteroatoms. The van der Waals surface area contributed by atoms with Gasteiger partial charge >= 0.3 is 0 Å². The number of amides is 1. The van der Waals surface area contributed by atoms with Crippen molar-refractivity contribution >= 4 is 22.5 Å². The number of aryl methyl sites for hydroxylation is 2. The number of fused-ring (bicyclic) bond motifs is 3. The van der Waals surface area contributed by atoms with Gasteiger partial charge in [-0.15, -0.1) is 0 Å². The molecule has 1 aliphatic rings. The van der Waals surface area contributed by atoms with Crippen LogP contribution in [0.1, 0.15) is 40.0 Å². The highest BCUT2D eigenvalue weighted by Gasteiger charge is 2.16. The van der Waals surface area contributed by atoms with E-state index in [-0.39, 0.29) is 12.5 Å². The van der Waals surface area contributed by atoms with Crippen LogP contribution in [0.2, 0.25) is 0 Å². The maximum atomic E-state index is 12.6. The standard InChI is InChI=1S/C20H20N2O2/c23-12-13-4-3-5-15(10-13)21-20(24)14-8-9-19-17(11-14)16-6-1-2-7-18(16)22-19/h3-5,8-11,22-23H,1-2,6-7,12H2,(H,21,24). The van der Waals surface area contributed by atoms with Gasteiger partial charge in [0.05, 0.1) is 6.61 Å². The Balaban J connectivity index is 1.64. The molecule has 1 amide bonds. The van der Waals surface area contributed by atoms with Crippen molar-refractivity contribution < 1.29 is 9.90 Å². The first-order valence-corrected chi connectivity index (χ1v) is 8.39. The minimum Gasteiger partial charge on any atom is -0.392 e. The number of anilines is 1. The lowest BCUT2D eigenvalue weighted by atomic mass is 9.95. The van der Waals surface area contributed by atoms with E-state index in [0.29, 0.717) is 11.3 Å². The van der Waals surface area contributed by atoms with Crippen LogP contribution < -0.4 is 5.32 Å². The Kier molecular flexibility index (Phi) is 3.82. The number of nitrogens with one attached hydrogen (secondary N) is 2. The second kappa shape index (κ2) is 6.13. The Morgan fingerprint density at radius 3 is 2.88 bits per heavy atom. The van der Waals surface area contributed by atoms with Crippen LogP contribution in [0.15, 0.2) is 42.5 Å². The summed E-state index contributed by atoms with van der Waals surface area (Å²) in [5, 5.41) is 13.3. The smallest absolute Gasteiger partial charge is 0.255 e. The SMILES string of the molecule is O=C(Nc1cccc(CO)c1)c1ccc2[nH]c3c(c2c1)CCCC3. The fourth-order valence-corrected chi connectivity index (χ4v) is 3.50. The highest BCUT2D eigenvalue weighted by molar-refractivity contribution is 6.06. The van der Waals surface area contributed by atoms with Crippen LogP contribution in [0.5, 0.6) is 0 Å². The number of aliphatic hydroxyl groups excluding tert-OH is 1. The molecule has 3 N–H and O–H groups in total. The number of benzene rings is 2. The van der Waals surface area contributed by atoms with Gasteiger partial charge in [0, 0.05) is 27.8 Å². The summed E-state index contributed by atoms with van der Waals surface area (Å²) in [6, 6.07) is 13.1. The quantitative estimate of drug-likeness (QED) is 0.687. The number of H-pyrrole nitrogens is 1. The molecule has 0 saturated carbocycles. The number of aliphatic hydroxyl groups is 1. The molecule has 1 aliphatic carbocycles. The van der Waals surface area contributed by atoms with Gasteiger partial charge in [-0.2, -0.15) is 0 Å². The molecule has 0 aliphatic heterocycles. The van der Waals surface area contributed by atoms with Crippen LogP contribution in [-0.4, -0.2) is 16.0 Å². The monoisotopic (exact) mass is 320 g/mol. The van der Waals surface area contributed by atoms with Gasteiger partial charge in [-0.05, 0) is 67.1 Å². The molecule has 3 aromatic rings. The first-order valence-electron chi connectivity index (χ1n) is 8.39. The van der Waals surface area contributed by atoms with Gasteiger partial charge in [0.15, 0.2) is 0 Å². The van der Waals surface area contributed by atoms with Gasteiger partial charge in [-0.1, -0.05) is 12.1 Å². The first-order chi connectivity index (χ1) is 11.7. The van der Waals surface area contributed by atoms with Gasteiger partial charge in [-0.3, -0.25) is 4.79 Å². The number of carbonyl (C=O) groups is 1. The Morgan fingerprint density at radius 1 is 1.12 bits per heavy atom. The van der Waals surface area contributed by atoms with Gasteiger partial charge < -0.3 is 15.4 Å². The van der Waals surface area contributed by atoms with Crippen molar-refractivity contribution in [2.45, 2.75) is 32.3 Å².